The van der Waals surface area contributed by atoms with Crippen LogP contribution < -0.4 is 10.0 Å². The number of benzene rings is 1. The first kappa shape index (κ1) is 16.4. The zero-order chi connectivity index (χ0) is 15.1. The summed E-state index contributed by atoms with van der Waals surface area (Å²) < 4.78 is 32.0. The molecule has 5 nitrogen and oxygen atoms in total. The van der Waals surface area contributed by atoms with Gasteiger partial charge in [-0.25, -0.2) is 13.1 Å². The number of aryl methyl sites for hydroxylation is 1. The third-order valence-corrected chi connectivity index (χ3v) is 5.18. The Balaban J connectivity index is 1.68. The summed E-state index contributed by atoms with van der Waals surface area (Å²) in [6.45, 7) is 5.58. The normalized spacial score (nSPS) is 17.0. The fourth-order valence-electron chi connectivity index (χ4n) is 2.33. The molecule has 0 aliphatic carbocycles. The predicted molar refractivity (Wildman–Crippen MR) is 82.8 cm³/mol. The number of hydrogen-bond acceptors (Lipinski definition) is 4. The van der Waals surface area contributed by atoms with E-state index in [1.807, 2.05) is 6.92 Å². The maximum atomic E-state index is 12.1. The second-order valence-electron chi connectivity index (χ2n) is 5.47. The highest BCUT2D eigenvalue weighted by Crippen LogP contribution is 2.13. The summed E-state index contributed by atoms with van der Waals surface area (Å²) in [6.07, 6.45) is 2.17. The third-order valence-electron chi connectivity index (χ3n) is 3.70. The lowest BCUT2D eigenvalue weighted by Gasteiger charge is -2.22. The summed E-state index contributed by atoms with van der Waals surface area (Å²) in [6, 6.07) is 6.87. The fourth-order valence-corrected chi connectivity index (χ4v) is 3.36. The van der Waals surface area contributed by atoms with Crippen LogP contribution in [0.3, 0.4) is 0 Å². The van der Waals surface area contributed by atoms with Gasteiger partial charge in [0, 0.05) is 26.3 Å². The molecule has 0 unspecified atom stereocenters. The van der Waals surface area contributed by atoms with Crippen molar-refractivity contribution < 1.29 is 13.2 Å². The zero-order valence-corrected chi connectivity index (χ0v) is 13.3. The van der Waals surface area contributed by atoms with Crippen molar-refractivity contribution in [3.63, 3.8) is 0 Å². The number of nitrogens with one attached hydrogen (secondary N) is 2. The van der Waals surface area contributed by atoms with Gasteiger partial charge in [-0.05, 0) is 44.4 Å². The highest BCUT2D eigenvalue weighted by molar-refractivity contribution is 7.89. The molecule has 6 heteroatoms. The molecule has 0 spiro atoms. The van der Waals surface area contributed by atoms with Crippen molar-refractivity contribution in [2.24, 2.45) is 5.92 Å². The minimum absolute atomic E-state index is 0.317. The first-order valence-electron chi connectivity index (χ1n) is 7.43. The van der Waals surface area contributed by atoms with E-state index in [-0.39, 0.29) is 0 Å². The summed E-state index contributed by atoms with van der Waals surface area (Å²) in [5, 5.41) is 3.31. The van der Waals surface area contributed by atoms with Crippen LogP contribution in [0.15, 0.2) is 29.2 Å². The van der Waals surface area contributed by atoms with E-state index in [2.05, 4.69) is 10.0 Å². The van der Waals surface area contributed by atoms with Crippen molar-refractivity contribution >= 4 is 10.0 Å². The van der Waals surface area contributed by atoms with E-state index in [1.54, 1.807) is 24.3 Å². The van der Waals surface area contributed by atoms with Gasteiger partial charge >= 0.3 is 0 Å². The molecular weight excluding hydrogens is 288 g/mol. The van der Waals surface area contributed by atoms with Gasteiger partial charge in [0.15, 0.2) is 0 Å². The maximum absolute atomic E-state index is 12.1. The molecule has 0 bridgehead atoms. The van der Waals surface area contributed by atoms with Crippen molar-refractivity contribution in [1.82, 2.24) is 10.0 Å². The van der Waals surface area contributed by atoms with E-state index in [0.29, 0.717) is 23.9 Å². The van der Waals surface area contributed by atoms with Gasteiger partial charge in [0.25, 0.3) is 0 Å². The molecule has 1 aromatic rings. The van der Waals surface area contributed by atoms with Crippen LogP contribution in [0.25, 0.3) is 0 Å². The molecule has 0 aromatic heterocycles. The van der Waals surface area contributed by atoms with Gasteiger partial charge in [-0.1, -0.05) is 17.7 Å². The van der Waals surface area contributed by atoms with E-state index in [1.165, 1.54) is 0 Å². The van der Waals surface area contributed by atoms with Crippen molar-refractivity contribution in [3.8, 4) is 0 Å². The monoisotopic (exact) mass is 312 g/mol. The minimum atomic E-state index is -3.39. The SMILES string of the molecule is Cc1ccc(S(=O)(=O)NCCNCC2CCOCC2)cc1. The molecule has 0 amide bonds. The van der Waals surface area contributed by atoms with Crippen molar-refractivity contribution in [2.75, 3.05) is 32.8 Å². The van der Waals surface area contributed by atoms with Gasteiger partial charge in [-0.3, -0.25) is 0 Å². The van der Waals surface area contributed by atoms with Crippen LogP contribution in [0.4, 0.5) is 0 Å². The molecule has 1 aliphatic heterocycles. The number of rotatable bonds is 7. The molecule has 0 atom stereocenters. The molecule has 1 aliphatic rings. The maximum Gasteiger partial charge on any atom is 0.240 e. The second-order valence-corrected chi connectivity index (χ2v) is 7.24. The first-order valence-corrected chi connectivity index (χ1v) is 8.91. The van der Waals surface area contributed by atoms with E-state index in [4.69, 9.17) is 4.74 Å². The Kier molecular flexibility index (Phi) is 6.17. The molecular formula is C15H24N2O3S. The highest BCUT2D eigenvalue weighted by Gasteiger charge is 2.14. The Bertz CT molecular complexity index is 522. The van der Waals surface area contributed by atoms with Gasteiger partial charge in [0.05, 0.1) is 4.90 Å². The van der Waals surface area contributed by atoms with Crippen molar-refractivity contribution in [3.05, 3.63) is 29.8 Å². The zero-order valence-electron chi connectivity index (χ0n) is 12.5. The largest absolute Gasteiger partial charge is 0.381 e. The quantitative estimate of drug-likeness (QED) is 0.745. The molecule has 21 heavy (non-hydrogen) atoms. The standard InChI is InChI=1S/C15H24N2O3S/c1-13-2-4-15(5-3-13)21(18,19)17-9-8-16-12-14-6-10-20-11-7-14/h2-5,14,16-17H,6-12H2,1H3. The Labute approximate surface area is 127 Å². The van der Waals surface area contributed by atoms with Crippen LogP contribution in [-0.2, 0) is 14.8 Å². The summed E-state index contributed by atoms with van der Waals surface area (Å²) in [5.74, 6) is 0.646. The number of hydrogen-bond donors (Lipinski definition) is 2. The van der Waals surface area contributed by atoms with Crippen LogP contribution in [0.5, 0.6) is 0 Å². The molecule has 1 saturated heterocycles. The lowest BCUT2D eigenvalue weighted by molar-refractivity contribution is 0.0664. The fraction of sp³-hybridized carbons (Fsp3) is 0.600. The van der Waals surface area contributed by atoms with Crippen LogP contribution >= 0.6 is 0 Å². The average Bonchev–Trinajstić information content (AvgIpc) is 2.48. The summed E-state index contributed by atoms with van der Waals surface area (Å²) in [7, 11) is -3.39. The van der Waals surface area contributed by atoms with E-state index in [9.17, 15) is 8.42 Å². The van der Waals surface area contributed by atoms with Crippen LogP contribution in [0, 0.1) is 12.8 Å². The molecule has 118 valence electrons. The van der Waals surface area contributed by atoms with Gasteiger partial charge < -0.3 is 10.1 Å². The topological polar surface area (TPSA) is 67.4 Å². The van der Waals surface area contributed by atoms with Crippen LogP contribution in [0.1, 0.15) is 18.4 Å². The third kappa shape index (κ3) is 5.39. The Morgan fingerprint density at radius 1 is 1.14 bits per heavy atom. The van der Waals surface area contributed by atoms with E-state index < -0.39 is 10.0 Å². The first-order chi connectivity index (χ1) is 10.1. The van der Waals surface area contributed by atoms with Gasteiger partial charge in [0.1, 0.15) is 0 Å². The van der Waals surface area contributed by atoms with E-state index in [0.717, 1.165) is 38.2 Å². The molecule has 0 saturated carbocycles. The Morgan fingerprint density at radius 2 is 1.81 bits per heavy atom. The van der Waals surface area contributed by atoms with Gasteiger partial charge in [-0.2, -0.15) is 0 Å². The molecule has 1 aromatic carbocycles. The second kappa shape index (κ2) is 7.89. The molecule has 0 radical (unpaired) electrons. The molecule has 2 rings (SSSR count). The lowest BCUT2D eigenvalue weighted by Crippen LogP contribution is -2.35. The van der Waals surface area contributed by atoms with Crippen molar-refractivity contribution in [1.29, 1.82) is 0 Å². The Hall–Kier alpha value is -0.950. The van der Waals surface area contributed by atoms with Gasteiger partial charge in [-0.15, -0.1) is 0 Å². The number of ether oxygens (including phenoxy) is 1. The smallest absolute Gasteiger partial charge is 0.240 e. The molecule has 1 fully saturated rings. The van der Waals surface area contributed by atoms with Crippen LogP contribution in [0.2, 0.25) is 0 Å². The van der Waals surface area contributed by atoms with E-state index >= 15 is 0 Å². The van der Waals surface area contributed by atoms with Crippen LogP contribution in [-0.4, -0.2) is 41.3 Å². The summed E-state index contributed by atoms with van der Waals surface area (Å²) in [4.78, 5) is 0.317. The predicted octanol–water partition coefficient (Wildman–Crippen LogP) is 1.29. The van der Waals surface area contributed by atoms with Gasteiger partial charge in [0.2, 0.25) is 10.0 Å². The molecule has 2 N–H and O–H groups in total. The summed E-state index contributed by atoms with van der Waals surface area (Å²) >= 11 is 0. The van der Waals surface area contributed by atoms with Crippen molar-refractivity contribution in [2.45, 2.75) is 24.7 Å². The highest BCUT2D eigenvalue weighted by atomic mass is 32.2. The number of sulfonamides is 1. The lowest BCUT2D eigenvalue weighted by atomic mass is 10.0. The average molecular weight is 312 g/mol. The summed E-state index contributed by atoms with van der Waals surface area (Å²) in [5.41, 5.74) is 1.05. The Morgan fingerprint density at radius 3 is 2.48 bits per heavy atom. The molecule has 1 heterocycles. The minimum Gasteiger partial charge on any atom is -0.381 e.